The summed E-state index contributed by atoms with van der Waals surface area (Å²) in [7, 11) is 0. The van der Waals surface area contributed by atoms with E-state index in [1.165, 1.54) is 18.4 Å². The van der Waals surface area contributed by atoms with Crippen LogP contribution in [0.1, 0.15) is 35.2 Å². The Morgan fingerprint density at radius 3 is 2.60 bits per heavy atom. The van der Waals surface area contributed by atoms with E-state index in [0.29, 0.717) is 37.7 Å². The molecule has 0 spiro atoms. The van der Waals surface area contributed by atoms with Gasteiger partial charge < -0.3 is 16.0 Å². The second-order valence-electron chi connectivity index (χ2n) is 8.07. The molecular formula is C23H29N5O2. The molecule has 2 aliphatic rings. The molecule has 1 saturated carbocycles. The molecule has 30 heavy (non-hydrogen) atoms. The molecule has 7 heteroatoms. The highest BCUT2D eigenvalue weighted by molar-refractivity contribution is 5.97. The van der Waals surface area contributed by atoms with E-state index in [9.17, 15) is 9.59 Å². The molecule has 158 valence electrons. The summed E-state index contributed by atoms with van der Waals surface area (Å²) in [4.78, 5) is 34.3. The predicted molar refractivity (Wildman–Crippen MR) is 115 cm³/mol. The number of carbonyl (C=O) groups excluding carboxylic acids is 2. The van der Waals surface area contributed by atoms with Crippen LogP contribution in [0, 0.1) is 0 Å². The van der Waals surface area contributed by atoms with Crippen molar-refractivity contribution in [2.75, 3.05) is 19.6 Å². The van der Waals surface area contributed by atoms with Gasteiger partial charge in [-0.15, -0.1) is 0 Å². The third-order valence-corrected chi connectivity index (χ3v) is 5.89. The van der Waals surface area contributed by atoms with Crippen LogP contribution in [0.2, 0.25) is 0 Å². The third kappa shape index (κ3) is 4.68. The van der Waals surface area contributed by atoms with Gasteiger partial charge in [0.15, 0.2) is 0 Å². The first-order chi connectivity index (χ1) is 14.7. The zero-order valence-corrected chi connectivity index (χ0v) is 17.1. The third-order valence-electron chi connectivity index (χ3n) is 5.89. The first-order valence-electron chi connectivity index (χ1n) is 10.7. The molecule has 0 bridgehead atoms. The topological polar surface area (TPSA) is 91.6 Å². The average Bonchev–Trinajstić information content (AvgIpc) is 3.54. The number of hydrogen-bond donors (Lipinski definition) is 2. The summed E-state index contributed by atoms with van der Waals surface area (Å²) in [6.45, 7) is 2.16. The summed E-state index contributed by atoms with van der Waals surface area (Å²) in [5.74, 6) is -0.274. The van der Waals surface area contributed by atoms with Gasteiger partial charge in [0.25, 0.3) is 5.91 Å². The number of nitrogens with one attached hydrogen (secondary N) is 1. The Morgan fingerprint density at radius 2 is 1.93 bits per heavy atom. The largest absolute Gasteiger partial charge is 0.353 e. The van der Waals surface area contributed by atoms with E-state index in [2.05, 4.69) is 39.5 Å². The monoisotopic (exact) mass is 407 g/mol. The number of pyridine rings is 1. The molecular weight excluding hydrogens is 378 g/mol. The van der Waals surface area contributed by atoms with Crippen molar-refractivity contribution in [1.82, 2.24) is 20.1 Å². The Morgan fingerprint density at radius 1 is 1.13 bits per heavy atom. The van der Waals surface area contributed by atoms with Crippen LogP contribution in [0.15, 0.2) is 54.9 Å². The SMILES string of the molecule is NCCNC(=O)C1CC(N(Cc2ccccc2)C2CC2)CN1C(=O)c1cccnc1. The second-order valence-corrected chi connectivity index (χ2v) is 8.07. The van der Waals surface area contributed by atoms with Gasteiger partial charge in [-0.1, -0.05) is 30.3 Å². The average molecular weight is 408 g/mol. The minimum atomic E-state index is -0.494. The van der Waals surface area contributed by atoms with Crippen LogP contribution in [0.4, 0.5) is 0 Å². The van der Waals surface area contributed by atoms with Crippen molar-refractivity contribution in [3.63, 3.8) is 0 Å². The standard InChI is InChI=1S/C23H29N5O2/c24-10-12-26-22(29)21-13-20(16-28(21)23(30)18-7-4-11-25-14-18)27(19-8-9-19)15-17-5-2-1-3-6-17/h1-7,11,14,19-21H,8-10,12-13,15-16,24H2,(H,26,29). The van der Waals surface area contributed by atoms with Gasteiger partial charge in [-0.05, 0) is 37.0 Å². The Bertz CT molecular complexity index is 856. The molecule has 2 unspecified atom stereocenters. The van der Waals surface area contributed by atoms with Crippen LogP contribution in [0.5, 0.6) is 0 Å². The molecule has 1 aromatic heterocycles. The fourth-order valence-electron chi connectivity index (χ4n) is 4.25. The van der Waals surface area contributed by atoms with Crippen molar-refractivity contribution in [3.05, 3.63) is 66.0 Å². The fraction of sp³-hybridized carbons (Fsp3) is 0.435. The highest BCUT2D eigenvalue weighted by Crippen LogP contribution is 2.35. The maximum Gasteiger partial charge on any atom is 0.256 e. The molecule has 1 saturated heterocycles. The molecule has 1 aliphatic carbocycles. The zero-order valence-electron chi connectivity index (χ0n) is 17.1. The molecule has 2 atom stereocenters. The van der Waals surface area contributed by atoms with Gasteiger partial charge in [-0.25, -0.2) is 0 Å². The molecule has 2 fully saturated rings. The van der Waals surface area contributed by atoms with E-state index < -0.39 is 6.04 Å². The summed E-state index contributed by atoms with van der Waals surface area (Å²) < 4.78 is 0. The van der Waals surface area contributed by atoms with E-state index in [-0.39, 0.29) is 17.9 Å². The predicted octanol–water partition coefficient (Wildman–Crippen LogP) is 1.40. The van der Waals surface area contributed by atoms with E-state index in [1.807, 2.05) is 6.07 Å². The molecule has 2 aromatic rings. The van der Waals surface area contributed by atoms with Crippen LogP contribution in [0.25, 0.3) is 0 Å². The first-order valence-corrected chi connectivity index (χ1v) is 10.7. The van der Waals surface area contributed by atoms with E-state index in [1.54, 1.807) is 29.4 Å². The van der Waals surface area contributed by atoms with Gasteiger partial charge in [-0.3, -0.25) is 19.5 Å². The normalized spacial score (nSPS) is 21.1. The summed E-state index contributed by atoms with van der Waals surface area (Å²) in [6.07, 6.45) is 6.18. The van der Waals surface area contributed by atoms with Crippen LogP contribution in [-0.4, -0.2) is 64.4 Å². The number of benzene rings is 1. The molecule has 7 nitrogen and oxygen atoms in total. The summed E-state index contributed by atoms with van der Waals surface area (Å²) in [6, 6.07) is 14.1. The molecule has 2 amide bonds. The Hall–Kier alpha value is -2.77. The lowest BCUT2D eigenvalue weighted by Gasteiger charge is -2.29. The van der Waals surface area contributed by atoms with Gasteiger partial charge >= 0.3 is 0 Å². The van der Waals surface area contributed by atoms with Crippen molar-refractivity contribution in [1.29, 1.82) is 0 Å². The highest BCUT2D eigenvalue weighted by atomic mass is 16.2. The number of rotatable bonds is 8. The molecule has 0 radical (unpaired) electrons. The second kappa shape index (κ2) is 9.36. The van der Waals surface area contributed by atoms with Crippen LogP contribution < -0.4 is 11.1 Å². The lowest BCUT2D eigenvalue weighted by Crippen LogP contribution is -2.47. The number of aromatic nitrogens is 1. The summed E-state index contributed by atoms with van der Waals surface area (Å²) >= 11 is 0. The quantitative estimate of drug-likeness (QED) is 0.690. The van der Waals surface area contributed by atoms with Crippen molar-refractivity contribution in [3.8, 4) is 0 Å². The fourth-order valence-corrected chi connectivity index (χ4v) is 4.25. The minimum absolute atomic E-state index is 0.129. The smallest absolute Gasteiger partial charge is 0.256 e. The van der Waals surface area contributed by atoms with Crippen molar-refractivity contribution in [2.24, 2.45) is 5.73 Å². The van der Waals surface area contributed by atoms with Gasteiger partial charge in [-0.2, -0.15) is 0 Å². The number of nitrogens with zero attached hydrogens (tertiary/aromatic N) is 3. The number of amides is 2. The number of carbonyl (C=O) groups is 2. The molecule has 1 aliphatic heterocycles. The Kier molecular flexibility index (Phi) is 6.40. The van der Waals surface area contributed by atoms with Crippen LogP contribution in [0.3, 0.4) is 0 Å². The lowest BCUT2D eigenvalue weighted by atomic mass is 10.1. The zero-order chi connectivity index (χ0) is 20.9. The Balaban J connectivity index is 1.55. The van der Waals surface area contributed by atoms with E-state index in [4.69, 9.17) is 5.73 Å². The molecule has 3 N–H and O–H groups in total. The molecule has 2 heterocycles. The van der Waals surface area contributed by atoms with Crippen molar-refractivity contribution >= 4 is 11.8 Å². The highest BCUT2D eigenvalue weighted by Gasteiger charge is 2.45. The maximum atomic E-state index is 13.2. The number of nitrogens with two attached hydrogens (primary N) is 1. The van der Waals surface area contributed by atoms with Gasteiger partial charge in [0.05, 0.1) is 5.56 Å². The summed E-state index contributed by atoms with van der Waals surface area (Å²) in [5, 5.41) is 2.87. The van der Waals surface area contributed by atoms with Crippen LogP contribution >= 0.6 is 0 Å². The van der Waals surface area contributed by atoms with Gasteiger partial charge in [0, 0.05) is 50.7 Å². The first kappa shape index (κ1) is 20.5. The van der Waals surface area contributed by atoms with Crippen LogP contribution in [-0.2, 0) is 11.3 Å². The van der Waals surface area contributed by atoms with Crippen molar-refractivity contribution in [2.45, 2.75) is 43.9 Å². The number of likely N-dealkylation sites (tertiary alicyclic amines) is 1. The summed E-state index contributed by atoms with van der Waals surface area (Å²) in [5.41, 5.74) is 7.32. The number of hydrogen-bond acceptors (Lipinski definition) is 5. The Labute approximate surface area is 177 Å². The lowest BCUT2D eigenvalue weighted by molar-refractivity contribution is -0.124. The van der Waals surface area contributed by atoms with Gasteiger partial charge in [0.2, 0.25) is 5.91 Å². The maximum absolute atomic E-state index is 13.2. The van der Waals surface area contributed by atoms with Crippen molar-refractivity contribution < 1.29 is 9.59 Å². The van der Waals surface area contributed by atoms with Gasteiger partial charge in [0.1, 0.15) is 6.04 Å². The molecule has 1 aromatic carbocycles. The van der Waals surface area contributed by atoms with E-state index in [0.717, 1.165) is 6.54 Å². The minimum Gasteiger partial charge on any atom is -0.353 e. The van der Waals surface area contributed by atoms with E-state index >= 15 is 0 Å². The molecule has 4 rings (SSSR count).